The lowest BCUT2D eigenvalue weighted by Crippen LogP contribution is -2.63. The van der Waals surface area contributed by atoms with Crippen LogP contribution in [-0.2, 0) is 33.8 Å². The Balaban J connectivity index is 1.40. The number of hydrogen-bond acceptors (Lipinski definition) is 8. The van der Waals surface area contributed by atoms with Gasteiger partial charge in [-0.2, -0.15) is 0 Å². The molecule has 5 amide bonds. The van der Waals surface area contributed by atoms with Crippen molar-refractivity contribution in [3.8, 4) is 0 Å². The van der Waals surface area contributed by atoms with Crippen molar-refractivity contribution in [3.05, 3.63) is 12.7 Å². The normalized spacial score (nSPS) is 26.8. The van der Waals surface area contributed by atoms with Gasteiger partial charge in [0, 0.05) is 19.0 Å². The summed E-state index contributed by atoms with van der Waals surface area (Å²) in [7, 11) is -3.57. The van der Waals surface area contributed by atoms with Gasteiger partial charge in [-0.25, -0.2) is 13.2 Å². The number of rotatable bonds is 14. The molecule has 5 rings (SSSR count). The Morgan fingerprint density at radius 2 is 1.58 bits per heavy atom. The topological polar surface area (TPSA) is 180 Å². The van der Waals surface area contributed by atoms with Gasteiger partial charge < -0.3 is 30.9 Å². The quantitative estimate of drug-likeness (QED) is 0.153. The number of fused-ring (bicyclic) bond motifs is 1. The minimum atomic E-state index is -3.57. The molecule has 0 bridgehead atoms. The summed E-state index contributed by atoms with van der Waals surface area (Å²) in [5, 5.41) is 11.5. The summed E-state index contributed by atoms with van der Waals surface area (Å²) in [6.45, 7) is 12.8. The molecule has 0 aromatic rings. The number of nitrogens with one attached hydrogen (secondary N) is 4. The van der Waals surface area contributed by atoms with Crippen LogP contribution in [0, 0.1) is 17.8 Å². The number of likely N-dealkylation sites (tertiary alicyclic amines) is 1. The predicted octanol–water partition coefficient (Wildman–Crippen LogP) is 3.70. The van der Waals surface area contributed by atoms with E-state index in [-0.39, 0.29) is 36.6 Å². The van der Waals surface area contributed by atoms with Gasteiger partial charge in [0.15, 0.2) is 9.84 Å². The Kier molecular flexibility index (Phi) is 12.7. The summed E-state index contributed by atoms with van der Waals surface area (Å²) in [5.74, 6) is -2.92. The molecular weight excluding hydrogens is 699 g/mol. The van der Waals surface area contributed by atoms with Gasteiger partial charge in [0.05, 0.1) is 33.8 Å². The first kappa shape index (κ1) is 41.2. The van der Waals surface area contributed by atoms with Gasteiger partial charge in [-0.15, -0.1) is 6.58 Å². The largest absolute Gasteiger partial charge is 0.370 e. The lowest BCUT2D eigenvalue weighted by molar-refractivity contribution is -0.144. The number of urea groups is 1. The van der Waals surface area contributed by atoms with E-state index in [9.17, 15) is 32.4 Å². The van der Waals surface area contributed by atoms with Gasteiger partial charge in [-0.05, 0) is 85.0 Å². The first-order chi connectivity index (χ1) is 24.9. The van der Waals surface area contributed by atoms with Gasteiger partial charge >= 0.3 is 6.03 Å². The maximum absolute atomic E-state index is 14.9. The number of Topliss-reactive ketones (excluding diaryl/α,β-unsaturated/α-hetero) is 1. The molecule has 0 aromatic heterocycles. The Morgan fingerprint density at radius 3 is 2.19 bits per heavy atom. The molecule has 2 saturated heterocycles. The zero-order chi connectivity index (χ0) is 38.8. The first-order valence-corrected chi connectivity index (χ1v) is 21.5. The molecule has 5 fully saturated rings. The molecule has 0 spiro atoms. The second-order valence-electron chi connectivity index (χ2n) is 18.0. The SMILES string of the molecule is C=CCNC(=O)C(=O)C(CC1CC1)NC(=O)[C@@H]1[C@H]2CC(C)(C)O[C@H]2CN1C(=O)[C@@H](NC(=O)NC1(CS(=O)(=O)C(C)(C)C)CCCCC1)C1CCCCC1. The standard InChI is InChI=1S/C39H63N5O8S/c1-7-20-40-34(47)32(45)28(21-25-16-17-25)41-33(46)31-27-22-38(5,6)52-29(27)23-44(31)35(48)30(26-14-10-8-11-15-26)42-36(49)43-39(18-12-9-13-19-39)24-53(50,51)37(2,3)4/h7,25-31H,1,8-24H2,2-6H3,(H,40,47)(H,41,46)(H2,42,43,49)/t27-,28?,29-,30-,31-/m0/s1. The smallest absolute Gasteiger partial charge is 0.315 e. The van der Waals surface area contributed by atoms with E-state index in [4.69, 9.17) is 4.74 Å². The Bertz CT molecular complexity index is 1510. The third-order valence-electron chi connectivity index (χ3n) is 12.1. The molecule has 0 radical (unpaired) electrons. The summed E-state index contributed by atoms with van der Waals surface area (Å²) in [6, 6.07) is -3.55. The van der Waals surface area contributed by atoms with Crippen LogP contribution in [0.25, 0.3) is 0 Å². The third-order valence-corrected chi connectivity index (χ3v) is 14.9. The molecule has 13 nitrogen and oxygen atoms in total. The van der Waals surface area contributed by atoms with Crippen molar-refractivity contribution in [1.82, 2.24) is 26.2 Å². The highest BCUT2D eigenvalue weighted by molar-refractivity contribution is 7.92. The summed E-state index contributed by atoms with van der Waals surface area (Å²) in [4.78, 5) is 70.8. The van der Waals surface area contributed by atoms with Crippen LogP contribution in [0.1, 0.15) is 125 Å². The highest BCUT2D eigenvalue weighted by atomic mass is 32.2. The minimum Gasteiger partial charge on any atom is -0.370 e. The molecule has 14 heteroatoms. The average Bonchev–Trinajstić information content (AvgIpc) is 3.77. The lowest BCUT2D eigenvalue weighted by Gasteiger charge is -2.41. The summed E-state index contributed by atoms with van der Waals surface area (Å²) >= 11 is 0. The van der Waals surface area contributed by atoms with Crippen molar-refractivity contribution >= 4 is 39.4 Å². The lowest BCUT2D eigenvalue weighted by atomic mass is 9.82. The molecule has 2 heterocycles. The summed E-state index contributed by atoms with van der Waals surface area (Å²) in [6.07, 6.45) is 11.6. The molecule has 3 aliphatic carbocycles. The van der Waals surface area contributed by atoms with Crippen LogP contribution in [0.2, 0.25) is 0 Å². The van der Waals surface area contributed by atoms with Crippen molar-refractivity contribution in [3.63, 3.8) is 0 Å². The predicted molar refractivity (Wildman–Crippen MR) is 201 cm³/mol. The number of carbonyl (C=O) groups is 5. The number of amides is 5. The average molecular weight is 762 g/mol. The molecule has 2 aliphatic heterocycles. The van der Waals surface area contributed by atoms with E-state index in [1.165, 1.54) is 11.0 Å². The highest BCUT2D eigenvalue weighted by Crippen LogP contribution is 2.44. The fraction of sp³-hybridized carbons (Fsp3) is 0.821. The number of ketones is 1. The molecule has 1 unspecified atom stereocenters. The number of nitrogens with zero attached hydrogens (tertiary/aromatic N) is 1. The fourth-order valence-corrected chi connectivity index (χ4v) is 10.5. The molecule has 5 aliphatic rings. The van der Waals surface area contributed by atoms with E-state index < -0.39 is 79.5 Å². The molecule has 0 aromatic carbocycles. The van der Waals surface area contributed by atoms with Gasteiger partial charge in [0.1, 0.15) is 12.1 Å². The van der Waals surface area contributed by atoms with Crippen LogP contribution in [0.5, 0.6) is 0 Å². The summed E-state index contributed by atoms with van der Waals surface area (Å²) in [5.41, 5.74) is -1.48. The monoisotopic (exact) mass is 761 g/mol. The van der Waals surface area contributed by atoms with E-state index in [2.05, 4.69) is 27.8 Å². The Hall–Kier alpha value is -3.00. The zero-order valence-corrected chi connectivity index (χ0v) is 33.3. The highest BCUT2D eigenvalue weighted by Gasteiger charge is 2.57. The van der Waals surface area contributed by atoms with Crippen LogP contribution in [0.15, 0.2) is 12.7 Å². The molecule has 5 atom stereocenters. The number of hydrogen-bond donors (Lipinski definition) is 4. The number of ether oxygens (including phenoxy) is 1. The molecule has 53 heavy (non-hydrogen) atoms. The van der Waals surface area contributed by atoms with Crippen LogP contribution in [0.4, 0.5) is 4.79 Å². The van der Waals surface area contributed by atoms with E-state index >= 15 is 0 Å². The van der Waals surface area contributed by atoms with E-state index in [1.807, 2.05) is 13.8 Å². The van der Waals surface area contributed by atoms with Gasteiger partial charge in [-0.3, -0.25) is 19.2 Å². The summed E-state index contributed by atoms with van der Waals surface area (Å²) < 4.78 is 32.2. The Morgan fingerprint density at radius 1 is 0.943 bits per heavy atom. The zero-order valence-electron chi connectivity index (χ0n) is 32.5. The van der Waals surface area contributed by atoms with Crippen molar-refractivity contribution in [1.29, 1.82) is 0 Å². The van der Waals surface area contributed by atoms with Crippen molar-refractivity contribution in [2.75, 3.05) is 18.8 Å². The Labute approximate surface area is 315 Å². The molecule has 3 saturated carbocycles. The van der Waals surface area contributed by atoms with Crippen LogP contribution < -0.4 is 21.3 Å². The minimum absolute atomic E-state index is 0.117. The maximum atomic E-state index is 14.9. The van der Waals surface area contributed by atoms with E-state index in [0.29, 0.717) is 25.7 Å². The van der Waals surface area contributed by atoms with Crippen LogP contribution in [0.3, 0.4) is 0 Å². The second kappa shape index (κ2) is 16.4. The number of sulfone groups is 1. The fourth-order valence-electron chi connectivity index (χ4n) is 8.98. The van der Waals surface area contributed by atoms with Crippen LogP contribution >= 0.6 is 0 Å². The maximum Gasteiger partial charge on any atom is 0.315 e. The van der Waals surface area contributed by atoms with Gasteiger partial charge in [0.25, 0.3) is 5.91 Å². The molecule has 298 valence electrons. The number of carbonyl (C=O) groups excluding carboxylic acids is 5. The van der Waals surface area contributed by atoms with Crippen molar-refractivity contribution < 1.29 is 37.1 Å². The molecular formula is C39H63N5O8S. The van der Waals surface area contributed by atoms with Crippen molar-refractivity contribution in [2.24, 2.45) is 17.8 Å². The van der Waals surface area contributed by atoms with Gasteiger partial charge in [-0.1, -0.05) is 57.4 Å². The molecule has 4 N–H and O–H groups in total. The van der Waals surface area contributed by atoms with E-state index in [0.717, 1.165) is 64.2 Å². The van der Waals surface area contributed by atoms with Crippen LogP contribution in [-0.4, -0.2) is 102 Å². The third kappa shape index (κ3) is 10.0. The van der Waals surface area contributed by atoms with Gasteiger partial charge in [0.2, 0.25) is 17.6 Å². The second-order valence-corrected chi connectivity index (χ2v) is 20.8. The van der Waals surface area contributed by atoms with Crippen molar-refractivity contribution in [2.45, 2.75) is 165 Å². The van der Waals surface area contributed by atoms with E-state index in [1.54, 1.807) is 20.8 Å². The first-order valence-electron chi connectivity index (χ1n) is 19.9.